The predicted octanol–water partition coefficient (Wildman–Crippen LogP) is 5.13. The molecule has 20 heavy (non-hydrogen) atoms. The van der Waals surface area contributed by atoms with Crippen LogP contribution in [0.15, 0.2) is 48.5 Å². The molecule has 0 fully saturated rings. The zero-order chi connectivity index (χ0) is 14.5. The molecule has 0 saturated carbocycles. The quantitative estimate of drug-likeness (QED) is 0.808. The lowest BCUT2D eigenvalue weighted by atomic mass is 9.95. The highest BCUT2D eigenvalue weighted by Crippen LogP contribution is 2.23. The Hall–Kier alpha value is -1.31. The van der Waals surface area contributed by atoms with Crippen molar-refractivity contribution in [2.45, 2.75) is 38.7 Å². The van der Waals surface area contributed by atoms with E-state index in [1.54, 1.807) is 0 Å². The van der Waals surface area contributed by atoms with Crippen LogP contribution in [0.1, 0.15) is 49.0 Å². The van der Waals surface area contributed by atoms with Gasteiger partial charge in [0.1, 0.15) is 0 Å². The van der Waals surface area contributed by atoms with E-state index in [1.807, 2.05) is 36.4 Å². The van der Waals surface area contributed by atoms with Gasteiger partial charge in [-0.3, -0.25) is 0 Å². The van der Waals surface area contributed by atoms with E-state index < -0.39 is 6.10 Å². The van der Waals surface area contributed by atoms with Crippen molar-refractivity contribution in [3.63, 3.8) is 0 Å². The Morgan fingerprint density at radius 2 is 1.50 bits per heavy atom. The number of hydrogen-bond donors (Lipinski definition) is 1. The molecule has 0 saturated heterocycles. The Bertz CT molecular complexity index is 530. The van der Waals surface area contributed by atoms with Gasteiger partial charge in [0, 0.05) is 11.4 Å². The molecule has 1 nitrogen and oxygen atoms in total. The molecule has 2 aromatic carbocycles. The van der Waals surface area contributed by atoms with E-state index in [9.17, 15) is 5.11 Å². The highest BCUT2D eigenvalue weighted by atomic mass is 35.5. The van der Waals surface area contributed by atoms with E-state index in [0.717, 1.165) is 22.6 Å². The van der Waals surface area contributed by atoms with Crippen LogP contribution in [0.3, 0.4) is 0 Å². The van der Waals surface area contributed by atoms with Crippen LogP contribution in [0.5, 0.6) is 0 Å². The molecule has 1 N–H and O–H groups in total. The van der Waals surface area contributed by atoms with Gasteiger partial charge in [0.25, 0.3) is 0 Å². The number of benzene rings is 2. The van der Waals surface area contributed by atoms with E-state index in [4.69, 9.17) is 11.6 Å². The number of aliphatic hydroxyl groups excluding tert-OH is 1. The zero-order valence-electron chi connectivity index (χ0n) is 12.0. The van der Waals surface area contributed by atoms with Crippen molar-refractivity contribution in [1.29, 1.82) is 0 Å². The maximum Gasteiger partial charge on any atom is 0.0830 e. The minimum absolute atomic E-state index is 0.470. The summed E-state index contributed by atoms with van der Waals surface area (Å²) in [6, 6.07) is 15.9. The minimum Gasteiger partial charge on any atom is -0.388 e. The van der Waals surface area contributed by atoms with Crippen LogP contribution in [-0.2, 0) is 6.42 Å². The maximum absolute atomic E-state index is 10.3. The molecular weight excluding hydrogens is 268 g/mol. The van der Waals surface area contributed by atoms with Crippen molar-refractivity contribution in [2.75, 3.05) is 0 Å². The van der Waals surface area contributed by atoms with Crippen molar-refractivity contribution in [3.8, 4) is 0 Å². The van der Waals surface area contributed by atoms with Crippen LogP contribution in [0.4, 0.5) is 0 Å². The van der Waals surface area contributed by atoms with Crippen molar-refractivity contribution in [2.24, 2.45) is 0 Å². The fraction of sp³-hybridized carbons (Fsp3) is 0.333. The van der Waals surface area contributed by atoms with Crippen molar-refractivity contribution < 1.29 is 5.11 Å². The number of aliphatic hydroxyl groups is 1. The lowest BCUT2D eigenvalue weighted by Gasteiger charge is -2.14. The van der Waals surface area contributed by atoms with E-state index >= 15 is 0 Å². The zero-order valence-corrected chi connectivity index (χ0v) is 12.8. The lowest BCUT2D eigenvalue weighted by molar-refractivity contribution is 0.178. The van der Waals surface area contributed by atoms with Gasteiger partial charge < -0.3 is 5.11 Å². The average Bonchev–Trinajstić information content (AvgIpc) is 2.49. The summed E-state index contributed by atoms with van der Waals surface area (Å²) in [6.45, 7) is 4.41. The number of rotatable bonds is 5. The van der Waals surface area contributed by atoms with Crippen molar-refractivity contribution >= 4 is 11.6 Å². The normalized spacial score (nSPS) is 14.0. The fourth-order valence-corrected chi connectivity index (χ4v) is 2.37. The molecule has 0 aromatic heterocycles. The molecule has 2 rings (SSSR count). The highest BCUT2D eigenvalue weighted by molar-refractivity contribution is 6.30. The SMILES string of the molecule is CCC(C)c1ccc(C(O)Cc2ccc(Cl)cc2)cc1. The van der Waals surface area contributed by atoms with Gasteiger partial charge in [-0.25, -0.2) is 0 Å². The van der Waals surface area contributed by atoms with Gasteiger partial charge in [0.15, 0.2) is 0 Å². The van der Waals surface area contributed by atoms with E-state index in [-0.39, 0.29) is 0 Å². The molecule has 0 aliphatic carbocycles. The molecule has 2 unspecified atom stereocenters. The third-order valence-corrected chi connectivity index (χ3v) is 4.10. The predicted molar refractivity (Wildman–Crippen MR) is 85.3 cm³/mol. The average molecular weight is 289 g/mol. The highest BCUT2D eigenvalue weighted by Gasteiger charge is 2.10. The molecule has 2 atom stereocenters. The van der Waals surface area contributed by atoms with Gasteiger partial charge in [0.2, 0.25) is 0 Å². The van der Waals surface area contributed by atoms with Gasteiger partial charge in [0.05, 0.1) is 6.10 Å². The molecule has 0 bridgehead atoms. The Labute approximate surface area is 126 Å². The monoisotopic (exact) mass is 288 g/mol. The molecule has 0 aliphatic rings. The molecule has 0 heterocycles. The summed E-state index contributed by atoms with van der Waals surface area (Å²) in [7, 11) is 0. The summed E-state index contributed by atoms with van der Waals surface area (Å²) in [5.41, 5.74) is 3.38. The topological polar surface area (TPSA) is 20.2 Å². The van der Waals surface area contributed by atoms with Crippen LogP contribution in [0.2, 0.25) is 5.02 Å². The smallest absolute Gasteiger partial charge is 0.0830 e. The van der Waals surface area contributed by atoms with Gasteiger partial charge in [-0.2, -0.15) is 0 Å². The first kappa shape index (κ1) is 15.1. The number of hydrogen-bond acceptors (Lipinski definition) is 1. The fourth-order valence-electron chi connectivity index (χ4n) is 2.24. The third-order valence-electron chi connectivity index (χ3n) is 3.84. The number of halogens is 1. The van der Waals surface area contributed by atoms with Crippen LogP contribution in [-0.4, -0.2) is 5.11 Å². The van der Waals surface area contributed by atoms with Crippen LogP contribution >= 0.6 is 11.6 Å². The van der Waals surface area contributed by atoms with Crippen LogP contribution in [0.25, 0.3) is 0 Å². The van der Waals surface area contributed by atoms with Crippen molar-refractivity contribution in [3.05, 3.63) is 70.2 Å². The first-order valence-corrected chi connectivity index (χ1v) is 7.50. The van der Waals surface area contributed by atoms with E-state index in [1.165, 1.54) is 5.56 Å². The molecule has 2 aromatic rings. The van der Waals surface area contributed by atoms with E-state index in [2.05, 4.69) is 26.0 Å². The van der Waals surface area contributed by atoms with Crippen LogP contribution in [0, 0.1) is 0 Å². The lowest BCUT2D eigenvalue weighted by Crippen LogP contribution is -2.02. The molecule has 0 aliphatic heterocycles. The summed E-state index contributed by atoms with van der Waals surface area (Å²) in [5, 5.41) is 11.0. The van der Waals surface area contributed by atoms with Gasteiger partial charge >= 0.3 is 0 Å². The first-order valence-electron chi connectivity index (χ1n) is 7.12. The molecule has 0 amide bonds. The second-order valence-corrected chi connectivity index (χ2v) is 5.76. The summed E-state index contributed by atoms with van der Waals surface area (Å²) >= 11 is 5.86. The third kappa shape index (κ3) is 3.84. The Balaban J connectivity index is 2.05. The molecule has 106 valence electrons. The minimum atomic E-state index is -0.470. The summed E-state index contributed by atoms with van der Waals surface area (Å²) in [6.07, 6.45) is 1.27. The van der Waals surface area contributed by atoms with Gasteiger partial charge in [-0.1, -0.05) is 61.8 Å². The summed E-state index contributed by atoms with van der Waals surface area (Å²) in [4.78, 5) is 0. The largest absolute Gasteiger partial charge is 0.388 e. The summed E-state index contributed by atoms with van der Waals surface area (Å²) in [5.74, 6) is 0.567. The van der Waals surface area contributed by atoms with Gasteiger partial charge in [-0.15, -0.1) is 0 Å². The maximum atomic E-state index is 10.3. The molecule has 0 radical (unpaired) electrons. The Morgan fingerprint density at radius 3 is 2.05 bits per heavy atom. The first-order chi connectivity index (χ1) is 9.60. The standard InChI is InChI=1S/C18H21ClO/c1-3-13(2)15-6-8-16(9-7-15)18(20)12-14-4-10-17(19)11-5-14/h4-11,13,18,20H,3,12H2,1-2H3. The Morgan fingerprint density at radius 1 is 0.950 bits per heavy atom. The molecular formula is C18H21ClO. The second kappa shape index (κ2) is 6.92. The van der Waals surface area contributed by atoms with Crippen molar-refractivity contribution in [1.82, 2.24) is 0 Å². The molecule has 0 spiro atoms. The van der Waals surface area contributed by atoms with Crippen LogP contribution < -0.4 is 0 Å². The Kier molecular flexibility index (Phi) is 5.22. The summed E-state index contributed by atoms with van der Waals surface area (Å²) < 4.78 is 0. The second-order valence-electron chi connectivity index (χ2n) is 5.32. The van der Waals surface area contributed by atoms with E-state index in [0.29, 0.717) is 12.3 Å². The van der Waals surface area contributed by atoms with Gasteiger partial charge in [-0.05, 0) is 41.2 Å². The molecule has 2 heteroatoms.